The fourth-order valence-electron chi connectivity index (χ4n) is 1.50. The van der Waals surface area contributed by atoms with Gasteiger partial charge in [0.1, 0.15) is 5.82 Å². The Labute approximate surface area is 90.2 Å². The van der Waals surface area contributed by atoms with Crippen LogP contribution in [0.5, 0.6) is 0 Å². The first kappa shape index (κ1) is 11.9. The molecule has 84 valence electrons. The number of likely N-dealkylation sites (N-methyl/N-ethyl adjacent to an activating group) is 1. The Kier molecular flexibility index (Phi) is 4.05. The van der Waals surface area contributed by atoms with E-state index in [0.29, 0.717) is 6.54 Å². The third-order valence-electron chi connectivity index (χ3n) is 2.11. The van der Waals surface area contributed by atoms with Gasteiger partial charge in [0.15, 0.2) is 0 Å². The van der Waals surface area contributed by atoms with Gasteiger partial charge >= 0.3 is 0 Å². The van der Waals surface area contributed by atoms with E-state index in [0.717, 1.165) is 17.1 Å². The zero-order valence-corrected chi connectivity index (χ0v) is 9.44. The number of nitrogens with zero attached hydrogens (tertiary/aromatic N) is 2. The Balaban J connectivity index is 2.88. The molecule has 0 amide bonds. The lowest BCUT2D eigenvalue weighted by Gasteiger charge is -2.20. The quantitative estimate of drug-likeness (QED) is 0.768. The van der Waals surface area contributed by atoms with Crippen LogP contribution in [-0.2, 0) is 6.61 Å². The van der Waals surface area contributed by atoms with Crippen LogP contribution in [0.25, 0.3) is 0 Å². The maximum atomic E-state index is 9.26. The van der Waals surface area contributed by atoms with Gasteiger partial charge in [-0.05, 0) is 31.5 Å². The fraction of sp³-hybridized carbons (Fsp3) is 0.545. The summed E-state index contributed by atoms with van der Waals surface area (Å²) in [7, 11) is 1.87. The largest absolute Gasteiger partial charge is 0.392 e. The summed E-state index contributed by atoms with van der Waals surface area (Å²) < 4.78 is 0. The van der Waals surface area contributed by atoms with Crippen LogP contribution in [0.3, 0.4) is 0 Å². The predicted octanol–water partition coefficient (Wildman–Crippen LogP) is 0.699. The van der Waals surface area contributed by atoms with E-state index in [1.54, 1.807) is 6.92 Å². The lowest BCUT2D eigenvalue weighted by molar-refractivity contribution is 0.201. The topological polar surface area (TPSA) is 56.6 Å². The van der Waals surface area contributed by atoms with Gasteiger partial charge in [0, 0.05) is 19.3 Å². The van der Waals surface area contributed by atoms with Gasteiger partial charge in [-0.1, -0.05) is 0 Å². The molecule has 4 heteroatoms. The van der Waals surface area contributed by atoms with Crippen molar-refractivity contribution in [2.24, 2.45) is 0 Å². The minimum Gasteiger partial charge on any atom is -0.392 e. The van der Waals surface area contributed by atoms with Gasteiger partial charge < -0.3 is 15.1 Å². The van der Waals surface area contributed by atoms with Crippen LogP contribution in [0.4, 0.5) is 5.82 Å². The molecule has 0 aromatic carbocycles. The van der Waals surface area contributed by atoms with Crippen LogP contribution in [0.15, 0.2) is 12.1 Å². The van der Waals surface area contributed by atoms with E-state index in [1.807, 2.05) is 31.0 Å². The molecule has 4 nitrogen and oxygen atoms in total. The Bertz CT molecular complexity index is 326. The molecule has 1 rings (SSSR count). The summed E-state index contributed by atoms with van der Waals surface area (Å²) in [6, 6.07) is 3.68. The second kappa shape index (κ2) is 5.09. The number of rotatable bonds is 4. The smallest absolute Gasteiger partial charge is 0.128 e. The third kappa shape index (κ3) is 3.49. The SMILES string of the molecule is Cc1cc(CO)cc(N(C)CC(C)O)n1. The summed E-state index contributed by atoms with van der Waals surface area (Å²) in [5.41, 5.74) is 1.71. The Morgan fingerprint density at radius 1 is 1.47 bits per heavy atom. The highest BCUT2D eigenvalue weighted by Crippen LogP contribution is 2.14. The highest BCUT2D eigenvalue weighted by Gasteiger charge is 2.07. The van der Waals surface area contributed by atoms with Gasteiger partial charge in [0.2, 0.25) is 0 Å². The van der Waals surface area contributed by atoms with Crippen molar-refractivity contribution in [2.45, 2.75) is 26.6 Å². The molecule has 0 aliphatic rings. The summed E-state index contributed by atoms with van der Waals surface area (Å²) in [6.45, 7) is 4.17. The molecule has 0 aliphatic carbocycles. The van der Waals surface area contributed by atoms with Crippen molar-refractivity contribution >= 4 is 5.82 Å². The normalized spacial score (nSPS) is 12.6. The van der Waals surface area contributed by atoms with Crippen molar-refractivity contribution in [1.82, 2.24) is 4.98 Å². The molecule has 2 N–H and O–H groups in total. The zero-order chi connectivity index (χ0) is 11.4. The van der Waals surface area contributed by atoms with Gasteiger partial charge in [-0.15, -0.1) is 0 Å². The Morgan fingerprint density at radius 2 is 2.13 bits per heavy atom. The molecule has 1 unspecified atom stereocenters. The average molecular weight is 210 g/mol. The lowest BCUT2D eigenvalue weighted by Crippen LogP contribution is -2.27. The molecular formula is C11H18N2O2. The lowest BCUT2D eigenvalue weighted by atomic mass is 10.2. The van der Waals surface area contributed by atoms with Crippen LogP contribution in [0.1, 0.15) is 18.2 Å². The van der Waals surface area contributed by atoms with Crippen LogP contribution in [-0.4, -0.2) is 34.9 Å². The first-order valence-corrected chi connectivity index (χ1v) is 5.00. The predicted molar refractivity (Wildman–Crippen MR) is 59.8 cm³/mol. The van der Waals surface area contributed by atoms with Crippen molar-refractivity contribution in [3.63, 3.8) is 0 Å². The van der Waals surface area contributed by atoms with Gasteiger partial charge in [-0.2, -0.15) is 0 Å². The summed E-state index contributed by atoms with van der Waals surface area (Å²) in [5.74, 6) is 0.778. The van der Waals surface area contributed by atoms with Crippen LogP contribution >= 0.6 is 0 Å². The molecule has 0 radical (unpaired) electrons. The summed E-state index contributed by atoms with van der Waals surface area (Å²) >= 11 is 0. The summed E-state index contributed by atoms with van der Waals surface area (Å²) in [6.07, 6.45) is -0.394. The second-order valence-corrected chi connectivity index (χ2v) is 3.86. The number of aliphatic hydroxyl groups excluding tert-OH is 2. The van der Waals surface area contributed by atoms with E-state index >= 15 is 0 Å². The van der Waals surface area contributed by atoms with Crippen LogP contribution < -0.4 is 4.90 Å². The summed E-state index contributed by atoms with van der Waals surface area (Å²) in [5, 5.41) is 18.3. The fourth-order valence-corrected chi connectivity index (χ4v) is 1.50. The number of pyridine rings is 1. The van der Waals surface area contributed by atoms with Crippen molar-refractivity contribution in [3.8, 4) is 0 Å². The molecule has 0 spiro atoms. The van der Waals surface area contributed by atoms with E-state index in [4.69, 9.17) is 5.11 Å². The highest BCUT2D eigenvalue weighted by atomic mass is 16.3. The zero-order valence-electron chi connectivity index (χ0n) is 9.44. The first-order chi connectivity index (χ1) is 7.02. The number of aliphatic hydroxyl groups is 2. The second-order valence-electron chi connectivity index (χ2n) is 3.86. The Hall–Kier alpha value is -1.13. The molecule has 1 heterocycles. The molecular weight excluding hydrogens is 192 g/mol. The van der Waals surface area contributed by atoms with E-state index in [2.05, 4.69) is 4.98 Å². The highest BCUT2D eigenvalue weighted by molar-refractivity contribution is 5.41. The molecule has 0 saturated heterocycles. The maximum Gasteiger partial charge on any atom is 0.128 e. The Morgan fingerprint density at radius 3 is 2.67 bits per heavy atom. The maximum absolute atomic E-state index is 9.26. The van der Waals surface area contributed by atoms with Gasteiger partial charge in [-0.25, -0.2) is 4.98 Å². The first-order valence-electron chi connectivity index (χ1n) is 5.00. The number of aromatic nitrogens is 1. The van der Waals surface area contributed by atoms with Gasteiger partial charge in [0.05, 0.1) is 12.7 Å². The van der Waals surface area contributed by atoms with Crippen molar-refractivity contribution in [3.05, 3.63) is 23.4 Å². The number of hydrogen-bond donors (Lipinski definition) is 2. The third-order valence-corrected chi connectivity index (χ3v) is 2.11. The minimum absolute atomic E-state index is 0.0128. The van der Waals surface area contributed by atoms with Crippen molar-refractivity contribution in [2.75, 3.05) is 18.5 Å². The molecule has 0 fully saturated rings. The average Bonchev–Trinajstić information content (AvgIpc) is 2.15. The number of anilines is 1. The van der Waals surface area contributed by atoms with E-state index in [-0.39, 0.29) is 6.61 Å². The molecule has 1 atom stereocenters. The van der Waals surface area contributed by atoms with Crippen LogP contribution in [0, 0.1) is 6.92 Å². The molecule has 1 aromatic heterocycles. The number of hydrogen-bond acceptors (Lipinski definition) is 4. The number of aryl methyl sites for hydroxylation is 1. The summed E-state index contributed by atoms with van der Waals surface area (Å²) in [4.78, 5) is 6.21. The monoisotopic (exact) mass is 210 g/mol. The van der Waals surface area contributed by atoms with E-state index in [9.17, 15) is 5.11 Å². The minimum atomic E-state index is -0.394. The molecule has 0 aliphatic heterocycles. The molecule has 15 heavy (non-hydrogen) atoms. The van der Waals surface area contributed by atoms with Gasteiger partial charge in [-0.3, -0.25) is 0 Å². The molecule has 0 saturated carbocycles. The van der Waals surface area contributed by atoms with Gasteiger partial charge in [0.25, 0.3) is 0 Å². The van der Waals surface area contributed by atoms with E-state index in [1.165, 1.54) is 0 Å². The molecule has 1 aromatic rings. The standard InChI is InChI=1S/C11H18N2O2/c1-8-4-10(7-14)5-11(12-8)13(3)6-9(2)15/h4-5,9,14-15H,6-7H2,1-3H3. The van der Waals surface area contributed by atoms with Crippen molar-refractivity contribution in [1.29, 1.82) is 0 Å². The van der Waals surface area contributed by atoms with E-state index < -0.39 is 6.10 Å². The van der Waals surface area contributed by atoms with Crippen molar-refractivity contribution < 1.29 is 10.2 Å². The van der Waals surface area contributed by atoms with Crippen LogP contribution in [0.2, 0.25) is 0 Å². The molecule has 0 bridgehead atoms.